The predicted molar refractivity (Wildman–Crippen MR) is 49.5 cm³/mol. The number of Topliss-reactive ketones (excluding diaryl/α,β-unsaturated/α-hetero) is 1. The summed E-state index contributed by atoms with van der Waals surface area (Å²) in [6.07, 6.45) is 0. The number of nitro groups is 1. The zero-order valence-corrected chi connectivity index (χ0v) is 7.72. The van der Waals surface area contributed by atoms with Gasteiger partial charge in [0.05, 0.1) is 10.5 Å². The van der Waals surface area contributed by atoms with Crippen molar-refractivity contribution in [2.24, 2.45) is 0 Å². The number of nitro benzene ring substituents is 1. The van der Waals surface area contributed by atoms with Crippen LogP contribution in [0, 0.1) is 21.4 Å². The van der Waals surface area contributed by atoms with E-state index in [9.17, 15) is 20.0 Å². The Balaban J connectivity index is 3.68. The average molecular weight is 206 g/mol. The van der Waals surface area contributed by atoms with Crippen molar-refractivity contribution in [3.05, 3.63) is 33.4 Å². The molecule has 0 aromatic heterocycles. The van der Waals surface area contributed by atoms with Crippen LogP contribution in [0.2, 0.25) is 0 Å². The van der Waals surface area contributed by atoms with Gasteiger partial charge in [0.25, 0.3) is 0 Å². The number of nitrogens with zero attached hydrogens (tertiary/aromatic N) is 2. The van der Waals surface area contributed by atoms with Gasteiger partial charge in [0.2, 0.25) is 0 Å². The molecule has 1 aromatic rings. The molecule has 6 nitrogen and oxygen atoms in total. The third-order valence-corrected chi connectivity index (χ3v) is 1.81. The normalized spacial score (nSPS) is 9.33. The Hall–Kier alpha value is -2.42. The lowest BCUT2D eigenvalue weighted by Gasteiger charge is -2.02. The summed E-state index contributed by atoms with van der Waals surface area (Å²) in [7, 11) is 0. The van der Waals surface area contributed by atoms with E-state index in [0.717, 1.165) is 13.0 Å². The minimum Gasteiger partial charge on any atom is -0.502 e. The molecule has 0 unspecified atom stereocenters. The number of phenols is 1. The number of aromatic hydroxyl groups is 1. The number of phenolic OH excluding ortho intramolecular Hbond substituents is 1. The molecule has 76 valence electrons. The second kappa shape index (κ2) is 3.75. The number of rotatable bonds is 2. The van der Waals surface area contributed by atoms with Crippen molar-refractivity contribution < 1.29 is 14.8 Å². The fourth-order valence-electron chi connectivity index (χ4n) is 1.21. The van der Waals surface area contributed by atoms with E-state index >= 15 is 0 Å². The quantitative estimate of drug-likeness (QED) is 0.447. The molecule has 0 heterocycles. The highest BCUT2D eigenvalue weighted by atomic mass is 16.6. The zero-order chi connectivity index (χ0) is 11.6. The van der Waals surface area contributed by atoms with Gasteiger partial charge in [-0.2, -0.15) is 5.26 Å². The smallest absolute Gasteiger partial charge is 0.322 e. The molecule has 0 radical (unpaired) electrons. The van der Waals surface area contributed by atoms with Gasteiger partial charge in [0, 0.05) is 0 Å². The summed E-state index contributed by atoms with van der Waals surface area (Å²) in [5, 5.41) is 28.5. The molecule has 0 bridgehead atoms. The molecular weight excluding hydrogens is 200 g/mol. The fraction of sp³-hybridized carbons (Fsp3) is 0.111. The van der Waals surface area contributed by atoms with Gasteiger partial charge in [-0.05, 0) is 19.1 Å². The van der Waals surface area contributed by atoms with Crippen LogP contribution in [0.4, 0.5) is 5.69 Å². The number of ketones is 1. The van der Waals surface area contributed by atoms with Crippen LogP contribution in [0.5, 0.6) is 5.75 Å². The van der Waals surface area contributed by atoms with Gasteiger partial charge >= 0.3 is 5.69 Å². The van der Waals surface area contributed by atoms with Crippen LogP contribution in [-0.4, -0.2) is 15.8 Å². The molecule has 0 saturated carbocycles. The third-order valence-electron chi connectivity index (χ3n) is 1.81. The van der Waals surface area contributed by atoms with Crippen molar-refractivity contribution in [1.82, 2.24) is 0 Å². The van der Waals surface area contributed by atoms with E-state index in [2.05, 4.69) is 0 Å². The fourth-order valence-corrected chi connectivity index (χ4v) is 1.21. The van der Waals surface area contributed by atoms with Gasteiger partial charge in [-0.1, -0.05) is 0 Å². The number of hydrogen-bond donors (Lipinski definition) is 1. The molecule has 15 heavy (non-hydrogen) atoms. The maximum absolute atomic E-state index is 11.1. The molecule has 1 rings (SSSR count). The molecule has 0 atom stereocenters. The highest BCUT2D eigenvalue weighted by molar-refractivity contribution is 6.01. The molecule has 0 amide bonds. The SMILES string of the molecule is CC(=O)c1c(C#N)ccc(O)c1[N+](=O)[O-]. The summed E-state index contributed by atoms with van der Waals surface area (Å²) in [6, 6.07) is 3.85. The standard InChI is InChI=1S/C9H6N2O4/c1-5(12)8-6(4-10)2-3-7(13)9(8)11(14)15/h2-3,13H,1H3. The lowest BCUT2D eigenvalue weighted by molar-refractivity contribution is -0.386. The van der Waals surface area contributed by atoms with E-state index in [4.69, 9.17) is 5.26 Å². The Morgan fingerprint density at radius 2 is 2.20 bits per heavy atom. The summed E-state index contributed by atoms with van der Waals surface area (Å²) in [5.74, 6) is -1.25. The van der Waals surface area contributed by atoms with Crippen LogP contribution in [0.1, 0.15) is 22.8 Å². The zero-order valence-electron chi connectivity index (χ0n) is 7.72. The van der Waals surface area contributed by atoms with Crippen molar-refractivity contribution in [3.63, 3.8) is 0 Å². The van der Waals surface area contributed by atoms with Crippen LogP contribution in [0.25, 0.3) is 0 Å². The van der Waals surface area contributed by atoms with E-state index in [1.54, 1.807) is 6.07 Å². The Bertz CT molecular complexity index is 488. The monoisotopic (exact) mass is 206 g/mol. The Kier molecular flexibility index (Phi) is 2.67. The largest absolute Gasteiger partial charge is 0.502 e. The first-order valence-electron chi connectivity index (χ1n) is 3.90. The van der Waals surface area contributed by atoms with Gasteiger partial charge in [-0.3, -0.25) is 14.9 Å². The molecule has 6 heteroatoms. The second-order valence-corrected chi connectivity index (χ2v) is 2.78. The van der Waals surface area contributed by atoms with E-state index in [-0.39, 0.29) is 11.1 Å². The van der Waals surface area contributed by atoms with Gasteiger partial charge < -0.3 is 5.11 Å². The summed E-state index contributed by atoms with van der Waals surface area (Å²) in [6.45, 7) is 1.10. The van der Waals surface area contributed by atoms with Crippen molar-refractivity contribution in [3.8, 4) is 11.8 Å². The van der Waals surface area contributed by atoms with E-state index in [0.29, 0.717) is 0 Å². The van der Waals surface area contributed by atoms with Crippen molar-refractivity contribution >= 4 is 11.5 Å². The number of hydrogen-bond acceptors (Lipinski definition) is 5. The topological polar surface area (TPSA) is 104 Å². The van der Waals surface area contributed by atoms with Gasteiger partial charge in [-0.15, -0.1) is 0 Å². The number of carbonyl (C=O) groups is 1. The summed E-state index contributed by atoms with van der Waals surface area (Å²) >= 11 is 0. The molecule has 1 N–H and O–H groups in total. The average Bonchev–Trinajstić information content (AvgIpc) is 2.16. The highest BCUT2D eigenvalue weighted by Crippen LogP contribution is 2.32. The minimum atomic E-state index is -0.882. The molecule has 1 aromatic carbocycles. The van der Waals surface area contributed by atoms with E-state index < -0.39 is 22.1 Å². The lowest BCUT2D eigenvalue weighted by atomic mass is 10.0. The molecule has 0 fully saturated rings. The highest BCUT2D eigenvalue weighted by Gasteiger charge is 2.25. The van der Waals surface area contributed by atoms with E-state index in [1.165, 1.54) is 6.07 Å². The van der Waals surface area contributed by atoms with Crippen LogP contribution >= 0.6 is 0 Å². The molecular formula is C9H6N2O4. The predicted octanol–water partition coefficient (Wildman–Crippen LogP) is 1.37. The molecule has 0 saturated heterocycles. The van der Waals surface area contributed by atoms with Crippen molar-refractivity contribution in [2.45, 2.75) is 6.92 Å². The maximum atomic E-state index is 11.1. The Morgan fingerprint density at radius 3 is 2.60 bits per heavy atom. The van der Waals surface area contributed by atoms with E-state index in [1.807, 2.05) is 0 Å². The van der Waals surface area contributed by atoms with Crippen molar-refractivity contribution in [1.29, 1.82) is 5.26 Å². The lowest BCUT2D eigenvalue weighted by Crippen LogP contribution is -2.03. The summed E-state index contributed by atoms with van der Waals surface area (Å²) in [5.41, 5.74) is -1.20. The van der Waals surface area contributed by atoms with Crippen LogP contribution in [0.3, 0.4) is 0 Å². The molecule has 0 spiro atoms. The van der Waals surface area contributed by atoms with Gasteiger partial charge in [0.15, 0.2) is 11.5 Å². The Labute approximate surface area is 84.5 Å². The first-order chi connectivity index (χ1) is 6.99. The number of nitriles is 1. The number of carbonyl (C=O) groups excluding carboxylic acids is 1. The second-order valence-electron chi connectivity index (χ2n) is 2.78. The minimum absolute atomic E-state index is 0.119. The van der Waals surface area contributed by atoms with Crippen molar-refractivity contribution in [2.75, 3.05) is 0 Å². The van der Waals surface area contributed by atoms with Gasteiger partial charge in [0.1, 0.15) is 11.6 Å². The van der Waals surface area contributed by atoms with Crippen LogP contribution in [-0.2, 0) is 0 Å². The maximum Gasteiger partial charge on any atom is 0.322 e. The first kappa shape index (κ1) is 10.7. The van der Waals surface area contributed by atoms with Gasteiger partial charge in [-0.25, -0.2) is 0 Å². The molecule has 0 aliphatic heterocycles. The van der Waals surface area contributed by atoms with Crippen LogP contribution < -0.4 is 0 Å². The molecule has 0 aliphatic carbocycles. The first-order valence-corrected chi connectivity index (χ1v) is 3.90. The number of benzene rings is 1. The van der Waals surface area contributed by atoms with Crippen LogP contribution in [0.15, 0.2) is 12.1 Å². The molecule has 0 aliphatic rings. The third kappa shape index (κ3) is 1.76. The summed E-state index contributed by atoms with van der Waals surface area (Å²) < 4.78 is 0. The Morgan fingerprint density at radius 1 is 1.60 bits per heavy atom. The summed E-state index contributed by atoms with van der Waals surface area (Å²) in [4.78, 5) is 20.9.